The molecule has 0 spiro atoms. The van der Waals surface area contributed by atoms with Crippen molar-refractivity contribution in [3.63, 3.8) is 0 Å². The molecule has 1 N–H and O–H groups in total. The number of nitrogens with one attached hydrogen (secondary N) is 1. The van der Waals surface area contributed by atoms with Crippen molar-refractivity contribution in [1.82, 2.24) is 15.3 Å². The van der Waals surface area contributed by atoms with Gasteiger partial charge in [0.15, 0.2) is 5.78 Å². The summed E-state index contributed by atoms with van der Waals surface area (Å²) in [5, 5.41) is 3.09. The van der Waals surface area contributed by atoms with Crippen molar-refractivity contribution < 1.29 is 19.1 Å². The van der Waals surface area contributed by atoms with E-state index in [9.17, 15) is 9.59 Å². The molecule has 1 aliphatic rings. The summed E-state index contributed by atoms with van der Waals surface area (Å²) in [6, 6.07) is 16.0. The Bertz CT molecular complexity index is 1080. The van der Waals surface area contributed by atoms with Crippen molar-refractivity contribution >= 4 is 11.7 Å². The molecule has 2 aromatic carbocycles. The molecule has 1 aliphatic carbocycles. The SMILES string of the molecule is COc1nccnc1OC1CCC(NC(=O)c2ccccc2C(=O)c2ccccc2)CC1. The highest BCUT2D eigenvalue weighted by molar-refractivity contribution is 6.15. The molecule has 1 amide bonds. The van der Waals surface area contributed by atoms with Gasteiger partial charge in [-0.2, -0.15) is 0 Å². The van der Waals surface area contributed by atoms with Crippen molar-refractivity contribution in [3.05, 3.63) is 83.7 Å². The number of ketones is 1. The molecule has 4 rings (SSSR count). The standard InChI is InChI=1S/C25H25N3O4/c1-31-24-25(27-16-15-26-24)32-19-13-11-18(12-14-19)28-23(30)21-10-6-5-9-20(21)22(29)17-7-3-2-4-8-17/h2-10,15-16,18-19H,11-14H2,1H3,(H,28,30). The third kappa shape index (κ3) is 4.94. The highest BCUT2D eigenvalue weighted by atomic mass is 16.5. The van der Waals surface area contributed by atoms with E-state index in [1.165, 1.54) is 7.11 Å². The van der Waals surface area contributed by atoms with Gasteiger partial charge in [0, 0.05) is 29.6 Å². The maximum atomic E-state index is 13.0. The molecular formula is C25H25N3O4. The number of carbonyl (C=O) groups is 2. The normalized spacial score (nSPS) is 17.9. The van der Waals surface area contributed by atoms with Crippen molar-refractivity contribution in [2.45, 2.75) is 37.8 Å². The zero-order valence-corrected chi connectivity index (χ0v) is 17.9. The van der Waals surface area contributed by atoms with Crippen LogP contribution in [-0.2, 0) is 0 Å². The second-order valence-electron chi connectivity index (χ2n) is 7.68. The lowest BCUT2D eigenvalue weighted by Crippen LogP contribution is -2.40. The van der Waals surface area contributed by atoms with Crippen LogP contribution < -0.4 is 14.8 Å². The van der Waals surface area contributed by atoms with Crippen LogP contribution in [0.1, 0.15) is 52.0 Å². The third-order valence-electron chi connectivity index (χ3n) is 5.57. The van der Waals surface area contributed by atoms with E-state index < -0.39 is 0 Å². The van der Waals surface area contributed by atoms with E-state index in [4.69, 9.17) is 9.47 Å². The number of methoxy groups -OCH3 is 1. The smallest absolute Gasteiger partial charge is 0.278 e. The zero-order valence-electron chi connectivity index (χ0n) is 17.9. The van der Waals surface area contributed by atoms with Gasteiger partial charge in [-0.25, -0.2) is 9.97 Å². The molecule has 0 aliphatic heterocycles. The molecule has 1 saturated carbocycles. The lowest BCUT2D eigenvalue weighted by molar-refractivity contribution is 0.0880. The highest BCUT2D eigenvalue weighted by Crippen LogP contribution is 2.27. The Kier molecular flexibility index (Phi) is 6.75. The summed E-state index contributed by atoms with van der Waals surface area (Å²) in [4.78, 5) is 34.2. The molecule has 7 nitrogen and oxygen atoms in total. The highest BCUT2D eigenvalue weighted by Gasteiger charge is 2.26. The van der Waals surface area contributed by atoms with Crippen molar-refractivity contribution in [2.75, 3.05) is 7.11 Å². The fourth-order valence-corrected chi connectivity index (χ4v) is 3.90. The number of carbonyl (C=O) groups excluding carboxylic acids is 2. The van der Waals surface area contributed by atoms with Gasteiger partial charge < -0.3 is 14.8 Å². The second-order valence-corrected chi connectivity index (χ2v) is 7.68. The third-order valence-corrected chi connectivity index (χ3v) is 5.57. The fourth-order valence-electron chi connectivity index (χ4n) is 3.90. The average Bonchev–Trinajstić information content (AvgIpc) is 2.85. The van der Waals surface area contributed by atoms with Crippen LogP contribution in [-0.4, -0.2) is 40.9 Å². The van der Waals surface area contributed by atoms with Gasteiger partial charge in [-0.05, 0) is 31.7 Å². The van der Waals surface area contributed by atoms with E-state index in [-0.39, 0.29) is 23.8 Å². The van der Waals surface area contributed by atoms with E-state index in [1.54, 1.807) is 48.8 Å². The van der Waals surface area contributed by atoms with E-state index in [0.717, 1.165) is 25.7 Å². The van der Waals surface area contributed by atoms with Gasteiger partial charge in [-0.15, -0.1) is 0 Å². The summed E-state index contributed by atoms with van der Waals surface area (Å²) in [5.74, 6) is 0.356. The number of hydrogen-bond donors (Lipinski definition) is 1. The molecule has 0 radical (unpaired) electrons. The first-order valence-electron chi connectivity index (χ1n) is 10.7. The Balaban J connectivity index is 1.37. The number of nitrogens with zero attached hydrogens (tertiary/aromatic N) is 2. The van der Waals surface area contributed by atoms with Crippen LogP contribution in [0.2, 0.25) is 0 Å². The minimum absolute atomic E-state index is 0.0132. The molecule has 1 heterocycles. The number of hydrogen-bond acceptors (Lipinski definition) is 6. The Hall–Kier alpha value is -3.74. The minimum atomic E-state index is -0.232. The van der Waals surface area contributed by atoms with Gasteiger partial charge in [-0.1, -0.05) is 48.5 Å². The van der Waals surface area contributed by atoms with E-state index in [0.29, 0.717) is 28.5 Å². The topological polar surface area (TPSA) is 90.4 Å². The molecule has 164 valence electrons. The molecule has 7 heteroatoms. The molecule has 32 heavy (non-hydrogen) atoms. The summed E-state index contributed by atoms with van der Waals surface area (Å²) >= 11 is 0. The second kappa shape index (κ2) is 10.0. The Labute approximate surface area is 186 Å². The van der Waals surface area contributed by atoms with Crippen LogP contribution in [0.25, 0.3) is 0 Å². The predicted molar refractivity (Wildman–Crippen MR) is 119 cm³/mol. The molecule has 0 atom stereocenters. The number of aromatic nitrogens is 2. The summed E-state index contributed by atoms with van der Waals surface area (Å²) in [7, 11) is 1.53. The van der Waals surface area contributed by atoms with Gasteiger partial charge in [0.05, 0.1) is 12.7 Å². The largest absolute Gasteiger partial charge is 0.477 e. The molecule has 0 bridgehead atoms. The van der Waals surface area contributed by atoms with Crippen LogP contribution in [0.5, 0.6) is 11.8 Å². The lowest BCUT2D eigenvalue weighted by Gasteiger charge is -2.29. The van der Waals surface area contributed by atoms with Crippen molar-refractivity contribution in [3.8, 4) is 11.8 Å². The molecule has 0 unspecified atom stereocenters. The van der Waals surface area contributed by atoms with Gasteiger partial charge in [0.2, 0.25) is 0 Å². The summed E-state index contributed by atoms with van der Waals surface area (Å²) < 4.78 is 11.1. The monoisotopic (exact) mass is 431 g/mol. The quantitative estimate of drug-likeness (QED) is 0.572. The number of amides is 1. The Morgan fingerprint density at radius 3 is 2.16 bits per heavy atom. The van der Waals surface area contributed by atoms with Crippen molar-refractivity contribution in [1.29, 1.82) is 0 Å². The van der Waals surface area contributed by atoms with Crippen LogP contribution in [0.15, 0.2) is 67.0 Å². The molecule has 1 aromatic heterocycles. The summed E-state index contributed by atoms with van der Waals surface area (Å²) in [6.45, 7) is 0. The maximum Gasteiger partial charge on any atom is 0.278 e. The zero-order chi connectivity index (χ0) is 22.3. The minimum Gasteiger partial charge on any atom is -0.477 e. The van der Waals surface area contributed by atoms with Crippen LogP contribution in [0.4, 0.5) is 0 Å². The molecular weight excluding hydrogens is 406 g/mol. The first-order chi connectivity index (χ1) is 15.7. The number of ether oxygens (including phenoxy) is 2. The molecule has 1 fully saturated rings. The Morgan fingerprint density at radius 1 is 0.844 bits per heavy atom. The summed E-state index contributed by atoms with van der Waals surface area (Å²) in [6.07, 6.45) is 6.20. The van der Waals surface area contributed by atoms with Crippen LogP contribution in [0.3, 0.4) is 0 Å². The number of rotatable bonds is 7. The summed E-state index contributed by atoms with van der Waals surface area (Å²) in [5.41, 5.74) is 1.36. The van der Waals surface area contributed by atoms with E-state index in [1.807, 2.05) is 18.2 Å². The predicted octanol–water partition coefficient (Wildman–Crippen LogP) is 3.84. The van der Waals surface area contributed by atoms with Crippen LogP contribution in [0, 0.1) is 0 Å². The van der Waals surface area contributed by atoms with Gasteiger partial charge >= 0.3 is 0 Å². The van der Waals surface area contributed by atoms with Gasteiger partial charge in [0.25, 0.3) is 17.7 Å². The molecule has 0 saturated heterocycles. The maximum absolute atomic E-state index is 13.0. The van der Waals surface area contributed by atoms with Gasteiger partial charge in [-0.3, -0.25) is 9.59 Å². The van der Waals surface area contributed by atoms with Crippen LogP contribution >= 0.6 is 0 Å². The molecule has 3 aromatic rings. The fraction of sp³-hybridized carbons (Fsp3) is 0.280. The van der Waals surface area contributed by atoms with Crippen molar-refractivity contribution in [2.24, 2.45) is 0 Å². The Morgan fingerprint density at radius 2 is 1.47 bits per heavy atom. The lowest BCUT2D eigenvalue weighted by atomic mass is 9.92. The first-order valence-corrected chi connectivity index (χ1v) is 10.7. The van der Waals surface area contributed by atoms with E-state index in [2.05, 4.69) is 15.3 Å². The first kappa shape index (κ1) is 21.5. The van der Waals surface area contributed by atoms with E-state index >= 15 is 0 Å². The average molecular weight is 431 g/mol. The van der Waals surface area contributed by atoms with Gasteiger partial charge in [0.1, 0.15) is 6.10 Å². The number of benzene rings is 2.